The molecule has 1 aromatic rings. The largest absolute Gasteiger partial charge is 0.478 e. The van der Waals surface area contributed by atoms with Crippen molar-refractivity contribution >= 4 is 29.5 Å². The molecule has 3 rings (SSSR count). The number of nitrogens with zero attached hydrogens (tertiary/aromatic N) is 2. The van der Waals surface area contributed by atoms with Gasteiger partial charge in [-0.3, -0.25) is 14.6 Å². The van der Waals surface area contributed by atoms with Crippen LogP contribution in [0.15, 0.2) is 48.6 Å². The molecule has 2 aliphatic heterocycles. The van der Waals surface area contributed by atoms with Crippen LogP contribution in [0.1, 0.15) is 31.2 Å². The highest BCUT2D eigenvalue weighted by Gasteiger charge is 2.25. The van der Waals surface area contributed by atoms with E-state index < -0.39 is 11.9 Å². The van der Waals surface area contributed by atoms with Gasteiger partial charge in [-0.1, -0.05) is 36.4 Å². The van der Waals surface area contributed by atoms with Crippen LogP contribution < -0.4 is 5.32 Å². The van der Waals surface area contributed by atoms with Gasteiger partial charge in [0.2, 0.25) is 5.91 Å². The van der Waals surface area contributed by atoms with Crippen LogP contribution in [0.2, 0.25) is 0 Å². The Kier molecular flexibility index (Phi) is 10.1. The number of carboxylic acids is 2. The first kappa shape index (κ1) is 24.8. The molecule has 1 aromatic carbocycles. The number of hydrogen-bond donors (Lipinski definition) is 3. The first-order chi connectivity index (χ1) is 15.4. The molecule has 2 aliphatic rings. The summed E-state index contributed by atoms with van der Waals surface area (Å²) in [4.78, 5) is 46.2. The van der Waals surface area contributed by atoms with Crippen molar-refractivity contribution in [3.8, 4) is 0 Å². The summed E-state index contributed by atoms with van der Waals surface area (Å²) >= 11 is 0. The van der Waals surface area contributed by atoms with Gasteiger partial charge in [-0.05, 0) is 30.4 Å². The second-order valence-corrected chi connectivity index (χ2v) is 7.39. The van der Waals surface area contributed by atoms with Gasteiger partial charge >= 0.3 is 18.0 Å². The summed E-state index contributed by atoms with van der Waals surface area (Å²) in [5.41, 5.74) is 2.74. The Bertz CT molecular complexity index is 850. The molecule has 32 heavy (non-hydrogen) atoms. The first-order valence-corrected chi connectivity index (χ1v) is 10.6. The van der Waals surface area contributed by atoms with E-state index in [1.807, 2.05) is 6.07 Å². The van der Waals surface area contributed by atoms with Crippen molar-refractivity contribution in [3.63, 3.8) is 0 Å². The second kappa shape index (κ2) is 13.1. The summed E-state index contributed by atoms with van der Waals surface area (Å²) < 4.78 is 0. The van der Waals surface area contributed by atoms with E-state index in [4.69, 9.17) is 10.2 Å². The zero-order valence-electron chi connectivity index (χ0n) is 17.9. The van der Waals surface area contributed by atoms with E-state index in [-0.39, 0.29) is 11.9 Å². The molecule has 1 fully saturated rings. The summed E-state index contributed by atoms with van der Waals surface area (Å²) in [6.45, 7) is 4.16. The number of amides is 3. The zero-order chi connectivity index (χ0) is 23.3. The van der Waals surface area contributed by atoms with Gasteiger partial charge in [-0.2, -0.15) is 0 Å². The van der Waals surface area contributed by atoms with Crippen LogP contribution in [0.4, 0.5) is 4.79 Å². The fraction of sp³-hybridized carbons (Fsp3) is 0.391. The lowest BCUT2D eigenvalue weighted by Gasteiger charge is -2.26. The quantitative estimate of drug-likeness (QED) is 0.435. The van der Waals surface area contributed by atoms with E-state index in [0.29, 0.717) is 31.7 Å². The minimum Gasteiger partial charge on any atom is -0.478 e. The Hall–Kier alpha value is -3.46. The van der Waals surface area contributed by atoms with E-state index in [1.54, 1.807) is 0 Å². The van der Waals surface area contributed by atoms with Crippen molar-refractivity contribution in [2.75, 3.05) is 32.7 Å². The predicted molar refractivity (Wildman–Crippen MR) is 119 cm³/mol. The van der Waals surface area contributed by atoms with E-state index >= 15 is 0 Å². The lowest BCUT2D eigenvalue weighted by Crippen LogP contribution is -2.41. The molecule has 0 aromatic heterocycles. The van der Waals surface area contributed by atoms with Gasteiger partial charge in [0.05, 0.1) is 0 Å². The van der Waals surface area contributed by atoms with E-state index in [0.717, 1.165) is 38.9 Å². The average molecular weight is 444 g/mol. The number of benzene rings is 1. The fourth-order valence-corrected chi connectivity index (χ4v) is 3.43. The second-order valence-electron chi connectivity index (χ2n) is 7.39. The molecule has 3 N–H and O–H groups in total. The number of likely N-dealkylation sites (tertiary alicyclic amines) is 1. The number of rotatable bonds is 7. The predicted octanol–water partition coefficient (Wildman–Crippen LogP) is 2.21. The number of aliphatic carboxylic acids is 2. The molecule has 0 spiro atoms. The van der Waals surface area contributed by atoms with Crippen LogP contribution in [0, 0.1) is 0 Å². The van der Waals surface area contributed by atoms with Crippen molar-refractivity contribution in [2.24, 2.45) is 0 Å². The summed E-state index contributed by atoms with van der Waals surface area (Å²) in [5.74, 6) is -2.57. The van der Waals surface area contributed by atoms with Gasteiger partial charge < -0.3 is 15.5 Å². The maximum absolute atomic E-state index is 11.9. The molecule has 3 amide bonds. The van der Waals surface area contributed by atoms with Gasteiger partial charge in [-0.15, -0.1) is 0 Å². The Morgan fingerprint density at radius 2 is 1.69 bits per heavy atom. The molecule has 2 heterocycles. The number of carboxylic acid groups (broad SMARTS) is 2. The molecule has 0 unspecified atom stereocenters. The minimum absolute atomic E-state index is 0.0536. The number of nitrogens with one attached hydrogen (secondary N) is 1. The van der Waals surface area contributed by atoms with Crippen molar-refractivity contribution in [1.82, 2.24) is 15.1 Å². The fourth-order valence-electron chi connectivity index (χ4n) is 3.43. The zero-order valence-corrected chi connectivity index (χ0v) is 17.9. The third kappa shape index (κ3) is 8.73. The number of urea groups is 1. The SMILES string of the molecule is O=C(O)C=CC(=O)O.O=C1CCCN1C(=O)NCCCN1CC=C(c2ccccc2)CC1. The Balaban J connectivity index is 0.000000390. The summed E-state index contributed by atoms with van der Waals surface area (Å²) in [6.07, 6.45) is 6.68. The highest BCUT2D eigenvalue weighted by molar-refractivity contribution is 5.95. The van der Waals surface area contributed by atoms with Crippen LogP contribution in [-0.2, 0) is 14.4 Å². The average Bonchev–Trinajstić information content (AvgIpc) is 3.22. The minimum atomic E-state index is -1.26. The van der Waals surface area contributed by atoms with Crippen LogP contribution in [0.3, 0.4) is 0 Å². The Morgan fingerprint density at radius 1 is 1.00 bits per heavy atom. The molecule has 9 nitrogen and oxygen atoms in total. The molecular weight excluding hydrogens is 414 g/mol. The smallest absolute Gasteiger partial charge is 0.328 e. The number of carbonyl (C=O) groups is 4. The number of carbonyl (C=O) groups excluding carboxylic acids is 2. The van der Waals surface area contributed by atoms with Crippen molar-refractivity contribution in [2.45, 2.75) is 25.7 Å². The number of hydrogen-bond acceptors (Lipinski definition) is 5. The standard InChI is InChI=1S/C19H25N3O2.C4H4O4/c23-18-8-4-13-22(18)19(24)20-11-5-12-21-14-9-17(10-15-21)16-6-2-1-3-7-16;5-3(6)1-2-4(7)8/h1-3,6-7,9H,4-5,8,10-15H2,(H,20,24);1-2H,(H,5,6)(H,7,8). The van der Waals surface area contributed by atoms with Crippen molar-refractivity contribution in [1.29, 1.82) is 0 Å². The molecule has 0 saturated carbocycles. The highest BCUT2D eigenvalue weighted by atomic mass is 16.4. The highest BCUT2D eigenvalue weighted by Crippen LogP contribution is 2.21. The summed E-state index contributed by atoms with van der Waals surface area (Å²) in [5, 5.41) is 18.5. The third-order valence-corrected chi connectivity index (χ3v) is 5.05. The topological polar surface area (TPSA) is 127 Å². The normalized spacial score (nSPS) is 16.3. The summed E-state index contributed by atoms with van der Waals surface area (Å²) in [7, 11) is 0. The van der Waals surface area contributed by atoms with Crippen LogP contribution in [0.25, 0.3) is 5.57 Å². The van der Waals surface area contributed by atoms with Crippen molar-refractivity contribution in [3.05, 3.63) is 54.1 Å². The molecule has 9 heteroatoms. The molecule has 0 bridgehead atoms. The molecule has 1 saturated heterocycles. The van der Waals surface area contributed by atoms with Crippen molar-refractivity contribution < 1.29 is 29.4 Å². The van der Waals surface area contributed by atoms with Crippen LogP contribution in [0.5, 0.6) is 0 Å². The maximum atomic E-state index is 11.9. The summed E-state index contributed by atoms with van der Waals surface area (Å²) in [6, 6.07) is 10.3. The molecular formula is C23H29N3O6. The van der Waals surface area contributed by atoms with Gasteiger partial charge in [0.1, 0.15) is 0 Å². The van der Waals surface area contributed by atoms with Gasteiger partial charge in [0.25, 0.3) is 0 Å². The lowest BCUT2D eigenvalue weighted by atomic mass is 9.99. The van der Waals surface area contributed by atoms with E-state index in [1.165, 1.54) is 16.0 Å². The molecule has 0 atom stereocenters. The van der Waals surface area contributed by atoms with Gasteiger partial charge in [0.15, 0.2) is 0 Å². The van der Waals surface area contributed by atoms with Gasteiger partial charge in [-0.25, -0.2) is 14.4 Å². The monoisotopic (exact) mass is 443 g/mol. The molecule has 0 radical (unpaired) electrons. The van der Waals surface area contributed by atoms with E-state index in [9.17, 15) is 19.2 Å². The first-order valence-electron chi connectivity index (χ1n) is 10.6. The molecule has 0 aliphatic carbocycles. The Labute approximate surface area is 187 Å². The van der Waals surface area contributed by atoms with Gasteiger partial charge in [0, 0.05) is 51.3 Å². The molecule has 172 valence electrons. The van der Waals surface area contributed by atoms with Crippen LogP contribution in [-0.4, -0.2) is 76.6 Å². The van der Waals surface area contributed by atoms with E-state index in [2.05, 4.69) is 40.6 Å². The lowest BCUT2D eigenvalue weighted by molar-refractivity contribution is -0.134. The Morgan fingerprint density at radius 3 is 2.22 bits per heavy atom. The third-order valence-electron chi connectivity index (χ3n) is 5.05. The maximum Gasteiger partial charge on any atom is 0.328 e. The number of imide groups is 1. The van der Waals surface area contributed by atoms with Crippen LogP contribution >= 0.6 is 0 Å².